The molecule has 1 heterocycles. The fraction of sp³-hybridized carbons (Fsp3) is 0.579. The van der Waals surface area contributed by atoms with E-state index in [0.717, 1.165) is 12.5 Å². The van der Waals surface area contributed by atoms with Crippen molar-refractivity contribution in [2.45, 2.75) is 32.7 Å². The highest BCUT2D eigenvalue weighted by Crippen LogP contribution is 2.20. The average Bonchev–Trinajstić information content (AvgIpc) is 2.53. The lowest BCUT2D eigenvalue weighted by Crippen LogP contribution is -2.47. The molecule has 2 aliphatic rings. The van der Waals surface area contributed by atoms with E-state index >= 15 is 0 Å². The van der Waals surface area contributed by atoms with Crippen LogP contribution >= 0.6 is 0 Å². The van der Waals surface area contributed by atoms with Crippen LogP contribution in [-0.4, -0.2) is 42.5 Å². The van der Waals surface area contributed by atoms with E-state index in [1.165, 1.54) is 63.1 Å². The molecule has 1 aromatic carbocycles. The van der Waals surface area contributed by atoms with Gasteiger partial charge < -0.3 is 4.90 Å². The van der Waals surface area contributed by atoms with E-state index in [-0.39, 0.29) is 0 Å². The molecule has 1 unspecified atom stereocenters. The van der Waals surface area contributed by atoms with E-state index in [2.05, 4.69) is 53.1 Å². The second kappa shape index (κ2) is 7.24. The molecule has 0 bridgehead atoms. The highest BCUT2D eigenvalue weighted by molar-refractivity contribution is 5.21. The van der Waals surface area contributed by atoms with Crippen molar-refractivity contribution in [3.8, 4) is 0 Å². The van der Waals surface area contributed by atoms with Gasteiger partial charge >= 0.3 is 0 Å². The minimum absolute atomic E-state index is 0.902. The summed E-state index contributed by atoms with van der Waals surface area (Å²) in [6.07, 6.45) is 8.69. The molecule has 2 nitrogen and oxygen atoms in total. The Balaban J connectivity index is 1.42. The topological polar surface area (TPSA) is 6.48 Å². The molecule has 0 radical (unpaired) electrons. The number of piperazine rings is 1. The second-order valence-corrected chi connectivity index (χ2v) is 6.71. The van der Waals surface area contributed by atoms with Crippen molar-refractivity contribution < 1.29 is 0 Å². The van der Waals surface area contributed by atoms with Crippen LogP contribution in [0.4, 0.5) is 0 Å². The lowest BCUT2D eigenvalue weighted by atomic mass is 9.94. The number of benzene rings is 1. The minimum Gasteiger partial charge on any atom is -0.301 e. The molecule has 1 atom stereocenters. The fourth-order valence-electron chi connectivity index (χ4n) is 3.47. The molecule has 0 spiro atoms. The van der Waals surface area contributed by atoms with E-state index in [9.17, 15) is 0 Å². The van der Waals surface area contributed by atoms with Gasteiger partial charge in [-0.2, -0.15) is 0 Å². The van der Waals surface area contributed by atoms with Gasteiger partial charge in [-0.25, -0.2) is 0 Å². The van der Waals surface area contributed by atoms with Gasteiger partial charge in [0.1, 0.15) is 0 Å². The Morgan fingerprint density at radius 1 is 0.952 bits per heavy atom. The predicted octanol–water partition coefficient (Wildman–Crippen LogP) is 3.47. The van der Waals surface area contributed by atoms with Crippen molar-refractivity contribution in [2.75, 3.05) is 32.7 Å². The molecule has 1 fully saturated rings. The highest BCUT2D eigenvalue weighted by atomic mass is 15.3. The van der Waals surface area contributed by atoms with Gasteiger partial charge in [0.25, 0.3) is 0 Å². The number of hydrogen-bond donors (Lipinski definition) is 0. The molecule has 1 saturated heterocycles. The van der Waals surface area contributed by atoms with Gasteiger partial charge in [0, 0.05) is 39.3 Å². The smallest absolute Gasteiger partial charge is 0.0234 e. The number of rotatable bonds is 4. The molecule has 0 aromatic heterocycles. The van der Waals surface area contributed by atoms with E-state index < -0.39 is 0 Å². The molecule has 0 N–H and O–H groups in total. The van der Waals surface area contributed by atoms with Crippen LogP contribution in [0, 0.1) is 12.8 Å². The molecule has 1 aliphatic heterocycles. The SMILES string of the molecule is Cc1ccc(CN2CCN(CC3CC=CCC3)CC2)cc1. The molecule has 3 rings (SSSR count). The summed E-state index contributed by atoms with van der Waals surface area (Å²) < 4.78 is 0. The molecule has 1 aromatic rings. The van der Waals surface area contributed by atoms with Crippen LogP contribution in [0.5, 0.6) is 0 Å². The Hall–Kier alpha value is -1.12. The molecule has 0 saturated carbocycles. The highest BCUT2D eigenvalue weighted by Gasteiger charge is 2.20. The van der Waals surface area contributed by atoms with Gasteiger partial charge in [-0.05, 0) is 37.7 Å². The lowest BCUT2D eigenvalue weighted by molar-refractivity contribution is 0.111. The first kappa shape index (κ1) is 14.8. The van der Waals surface area contributed by atoms with E-state index in [4.69, 9.17) is 0 Å². The minimum atomic E-state index is 0.902. The Bertz CT molecular complexity index is 455. The van der Waals surface area contributed by atoms with Crippen LogP contribution in [0.2, 0.25) is 0 Å². The Morgan fingerprint density at radius 3 is 2.33 bits per heavy atom. The molecular formula is C19H28N2. The summed E-state index contributed by atoms with van der Waals surface area (Å²) in [6, 6.07) is 9.00. The average molecular weight is 284 g/mol. The first-order valence-corrected chi connectivity index (χ1v) is 8.45. The van der Waals surface area contributed by atoms with Crippen LogP contribution in [-0.2, 0) is 6.54 Å². The van der Waals surface area contributed by atoms with Gasteiger partial charge in [-0.15, -0.1) is 0 Å². The summed E-state index contributed by atoms with van der Waals surface area (Å²) in [5.41, 5.74) is 2.80. The van der Waals surface area contributed by atoms with Crippen molar-refractivity contribution in [1.82, 2.24) is 9.80 Å². The van der Waals surface area contributed by atoms with Crippen molar-refractivity contribution in [2.24, 2.45) is 5.92 Å². The zero-order valence-electron chi connectivity index (χ0n) is 13.3. The zero-order valence-corrected chi connectivity index (χ0v) is 13.3. The van der Waals surface area contributed by atoms with Crippen LogP contribution in [0.25, 0.3) is 0 Å². The van der Waals surface area contributed by atoms with Crippen molar-refractivity contribution in [1.29, 1.82) is 0 Å². The second-order valence-electron chi connectivity index (χ2n) is 6.71. The monoisotopic (exact) mass is 284 g/mol. The van der Waals surface area contributed by atoms with E-state index in [1.807, 2.05) is 0 Å². The molecular weight excluding hydrogens is 256 g/mol. The number of hydrogen-bond acceptors (Lipinski definition) is 2. The first-order valence-electron chi connectivity index (χ1n) is 8.45. The van der Waals surface area contributed by atoms with Gasteiger partial charge in [-0.3, -0.25) is 4.90 Å². The summed E-state index contributed by atoms with van der Waals surface area (Å²) in [6.45, 7) is 9.50. The molecule has 0 amide bonds. The fourth-order valence-corrected chi connectivity index (χ4v) is 3.47. The van der Waals surface area contributed by atoms with Gasteiger partial charge in [-0.1, -0.05) is 42.0 Å². The maximum absolute atomic E-state index is 2.68. The Labute approximate surface area is 129 Å². The lowest BCUT2D eigenvalue weighted by Gasteiger charge is -2.36. The maximum Gasteiger partial charge on any atom is 0.0234 e. The first-order chi connectivity index (χ1) is 10.3. The van der Waals surface area contributed by atoms with E-state index in [1.54, 1.807) is 0 Å². The maximum atomic E-state index is 2.68. The molecule has 1 aliphatic carbocycles. The predicted molar refractivity (Wildman–Crippen MR) is 89.4 cm³/mol. The molecule has 114 valence electrons. The molecule has 21 heavy (non-hydrogen) atoms. The normalized spacial score (nSPS) is 24.3. The number of aryl methyl sites for hydroxylation is 1. The number of nitrogens with zero attached hydrogens (tertiary/aromatic N) is 2. The summed E-state index contributed by atoms with van der Waals surface area (Å²) >= 11 is 0. The Morgan fingerprint density at radius 2 is 1.67 bits per heavy atom. The van der Waals surface area contributed by atoms with Crippen LogP contribution in [0.3, 0.4) is 0 Å². The Kier molecular flexibility index (Phi) is 5.10. The zero-order chi connectivity index (χ0) is 14.5. The van der Waals surface area contributed by atoms with Crippen LogP contribution in [0.1, 0.15) is 30.4 Å². The third kappa shape index (κ3) is 4.42. The van der Waals surface area contributed by atoms with Gasteiger partial charge in [0.05, 0.1) is 0 Å². The van der Waals surface area contributed by atoms with E-state index in [0.29, 0.717) is 0 Å². The third-order valence-corrected chi connectivity index (χ3v) is 4.89. The largest absolute Gasteiger partial charge is 0.301 e. The van der Waals surface area contributed by atoms with Gasteiger partial charge in [0.15, 0.2) is 0 Å². The van der Waals surface area contributed by atoms with Crippen molar-refractivity contribution in [3.63, 3.8) is 0 Å². The third-order valence-electron chi connectivity index (χ3n) is 4.89. The number of allylic oxidation sites excluding steroid dienone is 2. The van der Waals surface area contributed by atoms with Gasteiger partial charge in [0.2, 0.25) is 0 Å². The van der Waals surface area contributed by atoms with Crippen LogP contribution < -0.4 is 0 Å². The quantitative estimate of drug-likeness (QED) is 0.781. The standard InChI is InChI=1S/C19H28N2/c1-17-7-9-19(10-8-17)16-21-13-11-20(12-14-21)15-18-5-3-2-4-6-18/h2-3,7-10,18H,4-6,11-16H2,1H3. The van der Waals surface area contributed by atoms with Crippen molar-refractivity contribution in [3.05, 3.63) is 47.5 Å². The summed E-state index contributed by atoms with van der Waals surface area (Å²) in [7, 11) is 0. The summed E-state index contributed by atoms with van der Waals surface area (Å²) in [5, 5.41) is 0. The van der Waals surface area contributed by atoms with Crippen molar-refractivity contribution >= 4 is 0 Å². The summed E-state index contributed by atoms with van der Waals surface area (Å²) in [5.74, 6) is 0.902. The molecule has 2 heteroatoms. The van der Waals surface area contributed by atoms with Crippen LogP contribution in [0.15, 0.2) is 36.4 Å². The summed E-state index contributed by atoms with van der Waals surface area (Å²) in [4.78, 5) is 5.28.